The van der Waals surface area contributed by atoms with E-state index < -0.39 is 0 Å². The molecule has 28 heavy (non-hydrogen) atoms. The number of amides is 1. The monoisotopic (exact) mass is 377 g/mol. The van der Waals surface area contributed by atoms with Gasteiger partial charge in [-0.2, -0.15) is 5.10 Å². The number of aromatic nitrogens is 2. The largest absolute Gasteiger partial charge is 0.486 e. The van der Waals surface area contributed by atoms with Crippen LogP contribution in [0.3, 0.4) is 0 Å². The molecule has 1 amide bonds. The highest BCUT2D eigenvalue weighted by Gasteiger charge is 2.24. The summed E-state index contributed by atoms with van der Waals surface area (Å²) in [6.45, 7) is 5.77. The van der Waals surface area contributed by atoms with Crippen molar-refractivity contribution in [2.75, 3.05) is 19.8 Å². The van der Waals surface area contributed by atoms with E-state index in [9.17, 15) is 4.79 Å². The number of hydrogen-bond donors (Lipinski definition) is 2. The van der Waals surface area contributed by atoms with Crippen molar-refractivity contribution >= 4 is 5.91 Å². The molecule has 6 heteroatoms. The van der Waals surface area contributed by atoms with E-state index in [1.54, 1.807) is 6.07 Å². The van der Waals surface area contributed by atoms with Crippen LogP contribution in [0.1, 0.15) is 29.9 Å². The van der Waals surface area contributed by atoms with E-state index in [-0.39, 0.29) is 11.3 Å². The van der Waals surface area contributed by atoms with Gasteiger partial charge in [-0.3, -0.25) is 9.89 Å². The van der Waals surface area contributed by atoms with Crippen LogP contribution in [0.5, 0.6) is 11.5 Å². The van der Waals surface area contributed by atoms with E-state index in [0.29, 0.717) is 25.5 Å². The highest BCUT2D eigenvalue weighted by molar-refractivity contribution is 5.93. The fourth-order valence-electron chi connectivity index (χ4n) is 3.16. The Hall–Kier alpha value is -3.28. The van der Waals surface area contributed by atoms with Crippen LogP contribution in [0.4, 0.5) is 0 Å². The first-order valence-electron chi connectivity index (χ1n) is 9.32. The van der Waals surface area contributed by atoms with Crippen LogP contribution in [-0.2, 0) is 5.41 Å². The average molecular weight is 377 g/mol. The van der Waals surface area contributed by atoms with Crippen LogP contribution in [0.2, 0.25) is 0 Å². The first-order valence-corrected chi connectivity index (χ1v) is 9.32. The Morgan fingerprint density at radius 1 is 1.07 bits per heavy atom. The highest BCUT2D eigenvalue weighted by Crippen LogP contribution is 2.35. The molecule has 6 nitrogen and oxygen atoms in total. The lowest BCUT2D eigenvalue weighted by atomic mass is 9.84. The lowest BCUT2D eigenvalue weighted by Crippen LogP contribution is -2.37. The van der Waals surface area contributed by atoms with Crippen LogP contribution < -0.4 is 14.8 Å². The molecule has 3 aromatic rings. The van der Waals surface area contributed by atoms with Gasteiger partial charge < -0.3 is 14.8 Å². The molecule has 144 valence electrons. The molecule has 2 heterocycles. The zero-order valence-corrected chi connectivity index (χ0v) is 16.0. The number of nitrogens with zero attached hydrogens (tertiary/aromatic N) is 1. The maximum absolute atomic E-state index is 12.6. The lowest BCUT2D eigenvalue weighted by Gasteiger charge is -2.27. The molecule has 2 N–H and O–H groups in total. The van der Waals surface area contributed by atoms with E-state index in [1.165, 1.54) is 0 Å². The Kier molecular flexibility index (Phi) is 4.77. The molecule has 0 bridgehead atoms. The predicted octanol–water partition coefficient (Wildman–Crippen LogP) is 3.56. The fourth-order valence-corrected chi connectivity index (χ4v) is 3.16. The number of H-pyrrole nitrogens is 1. The number of hydrogen-bond acceptors (Lipinski definition) is 4. The van der Waals surface area contributed by atoms with E-state index in [1.807, 2.05) is 48.5 Å². The summed E-state index contributed by atoms with van der Waals surface area (Å²) in [7, 11) is 0. The Morgan fingerprint density at radius 3 is 2.61 bits per heavy atom. The summed E-state index contributed by atoms with van der Waals surface area (Å²) in [5.74, 6) is 1.34. The third-order valence-corrected chi connectivity index (χ3v) is 4.91. The molecule has 2 aromatic carbocycles. The molecule has 1 aromatic heterocycles. The fraction of sp³-hybridized carbons (Fsp3) is 0.273. The van der Waals surface area contributed by atoms with Gasteiger partial charge in [0.25, 0.3) is 5.91 Å². The van der Waals surface area contributed by atoms with Crippen LogP contribution in [0, 0.1) is 0 Å². The second kappa shape index (κ2) is 7.38. The minimum atomic E-state index is -0.270. The molecule has 0 radical (unpaired) electrons. The van der Waals surface area contributed by atoms with Crippen molar-refractivity contribution < 1.29 is 14.3 Å². The van der Waals surface area contributed by atoms with Gasteiger partial charge in [0.2, 0.25) is 0 Å². The molecule has 0 unspecified atom stereocenters. The minimum Gasteiger partial charge on any atom is -0.486 e. The Morgan fingerprint density at radius 2 is 1.82 bits per heavy atom. The SMILES string of the molecule is CC(C)(CNC(=O)c1cc(-c2ccccc2)n[nH]1)c1ccc2c(c1)OCCO2. The number of carbonyl (C=O) groups is 1. The van der Waals surface area contributed by atoms with Gasteiger partial charge >= 0.3 is 0 Å². The van der Waals surface area contributed by atoms with Crippen molar-refractivity contribution in [3.63, 3.8) is 0 Å². The Labute approximate surface area is 163 Å². The summed E-state index contributed by atoms with van der Waals surface area (Å²) in [6.07, 6.45) is 0. The Bertz CT molecular complexity index is 980. The van der Waals surface area contributed by atoms with E-state index in [0.717, 1.165) is 28.3 Å². The number of ether oxygens (including phenoxy) is 2. The first-order chi connectivity index (χ1) is 13.5. The maximum atomic E-state index is 12.6. The lowest BCUT2D eigenvalue weighted by molar-refractivity contribution is 0.0940. The standard InChI is InChI=1S/C22H23N3O3/c1-22(2,16-8-9-19-20(12-16)28-11-10-27-19)14-23-21(26)18-13-17(24-25-18)15-6-4-3-5-7-15/h3-9,12-13H,10-11,14H2,1-2H3,(H,23,26)(H,24,25). The number of aromatic amines is 1. The van der Waals surface area contributed by atoms with Gasteiger partial charge in [0.1, 0.15) is 18.9 Å². The summed E-state index contributed by atoms with van der Waals surface area (Å²) < 4.78 is 11.3. The van der Waals surface area contributed by atoms with E-state index >= 15 is 0 Å². The summed E-state index contributed by atoms with van der Waals surface area (Å²) in [5.41, 5.74) is 2.96. The predicted molar refractivity (Wildman–Crippen MR) is 107 cm³/mol. The third-order valence-electron chi connectivity index (χ3n) is 4.91. The first kappa shape index (κ1) is 18.1. The molecule has 0 aliphatic carbocycles. The van der Waals surface area contributed by atoms with Crippen LogP contribution >= 0.6 is 0 Å². The van der Waals surface area contributed by atoms with Gasteiger partial charge in [0, 0.05) is 17.5 Å². The second-order valence-corrected chi connectivity index (χ2v) is 7.46. The van der Waals surface area contributed by atoms with Gasteiger partial charge in [-0.15, -0.1) is 0 Å². The van der Waals surface area contributed by atoms with E-state index in [2.05, 4.69) is 29.4 Å². The molecule has 0 fully saturated rings. The quantitative estimate of drug-likeness (QED) is 0.713. The summed E-state index contributed by atoms with van der Waals surface area (Å²) >= 11 is 0. The number of fused-ring (bicyclic) bond motifs is 1. The zero-order valence-electron chi connectivity index (χ0n) is 16.0. The van der Waals surface area contributed by atoms with Crippen molar-refractivity contribution in [1.29, 1.82) is 0 Å². The summed E-state index contributed by atoms with van der Waals surface area (Å²) in [6, 6.07) is 17.5. The molecule has 0 spiro atoms. The third kappa shape index (κ3) is 3.71. The van der Waals surface area contributed by atoms with Crippen molar-refractivity contribution in [3.8, 4) is 22.8 Å². The maximum Gasteiger partial charge on any atom is 0.269 e. The number of carbonyl (C=O) groups excluding carboxylic acids is 1. The normalized spacial score (nSPS) is 13.2. The number of benzene rings is 2. The van der Waals surface area contributed by atoms with Crippen molar-refractivity contribution in [3.05, 3.63) is 65.9 Å². The van der Waals surface area contributed by atoms with Gasteiger partial charge in [-0.05, 0) is 23.8 Å². The topological polar surface area (TPSA) is 76.2 Å². The van der Waals surface area contributed by atoms with Gasteiger partial charge in [-0.1, -0.05) is 50.2 Å². The summed E-state index contributed by atoms with van der Waals surface area (Å²) in [4.78, 5) is 12.6. The molecule has 0 atom stereocenters. The molecule has 0 saturated carbocycles. The Balaban J connectivity index is 1.43. The van der Waals surface area contributed by atoms with Crippen molar-refractivity contribution in [2.45, 2.75) is 19.3 Å². The van der Waals surface area contributed by atoms with Crippen LogP contribution in [-0.4, -0.2) is 35.9 Å². The smallest absolute Gasteiger partial charge is 0.269 e. The molecule has 0 saturated heterocycles. The number of rotatable bonds is 5. The minimum absolute atomic E-state index is 0.180. The average Bonchev–Trinajstić information content (AvgIpc) is 3.23. The molecular weight excluding hydrogens is 354 g/mol. The summed E-state index contributed by atoms with van der Waals surface area (Å²) in [5, 5.41) is 10.1. The highest BCUT2D eigenvalue weighted by atomic mass is 16.6. The van der Waals surface area contributed by atoms with Gasteiger partial charge in [0.15, 0.2) is 11.5 Å². The van der Waals surface area contributed by atoms with Gasteiger partial charge in [-0.25, -0.2) is 0 Å². The molecule has 1 aliphatic heterocycles. The zero-order chi connectivity index (χ0) is 19.6. The van der Waals surface area contributed by atoms with E-state index in [4.69, 9.17) is 9.47 Å². The van der Waals surface area contributed by atoms with Gasteiger partial charge in [0.05, 0.1) is 5.69 Å². The van der Waals surface area contributed by atoms with Crippen molar-refractivity contribution in [1.82, 2.24) is 15.5 Å². The van der Waals surface area contributed by atoms with Crippen LogP contribution in [0.15, 0.2) is 54.6 Å². The number of nitrogens with one attached hydrogen (secondary N) is 2. The molecular formula is C22H23N3O3. The van der Waals surface area contributed by atoms with Crippen LogP contribution in [0.25, 0.3) is 11.3 Å². The molecule has 4 rings (SSSR count). The molecule has 1 aliphatic rings. The van der Waals surface area contributed by atoms with Crippen molar-refractivity contribution in [2.24, 2.45) is 0 Å². The second-order valence-electron chi connectivity index (χ2n) is 7.46.